The number of hydrogen-bond acceptors (Lipinski definition) is 5. The zero-order valence-electron chi connectivity index (χ0n) is 10.4. The van der Waals surface area contributed by atoms with Crippen LogP contribution in [0.1, 0.15) is 24.5 Å². The van der Waals surface area contributed by atoms with E-state index in [0.717, 1.165) is 18.9 Å². The van der Waals surface area contributed by atoms with Crippen molar-refractivity contribution < 1.29 is 18.7 Å². The van der Waals surface area contributed by atoms with Crippen molar-refractivity contribution in [1.29, 1.82) is 0 Å². The van der Waals surface area contributed by atoms with Crippen LogP contribution in [0.15, 0.2) is 16.5 Å². The molecule has 100 valence electrons. The number of ether oxygens (including phenoxy) is 2. The number of furan rings is 1. The molecule has 0 aliphatic carbocycles. The highest BCUT2D eigenvalue weighted by Crippen LogP contribution is 2.18. The average molecular weight is 254 g/mol. The van der Waals surface area contributed by atoms with E-state index in [1.807, 2.05) is 12.1 Å². The summed E-state index contributed by atoms with van der Waals surface area (Å²) in [5.41, 5.74) is 0. The minimum atomic E-state index is -0.436. The third-order valence-corrected chi connectivity index (χ3v) is 2.63. The molecule has 1 atom stereocenters. The number of hydrogen-bond donors (Lipinski definition) is 2. The highest BCUT2D eigenvalue weighted by atomic mass is 16.5. The van der Waals surface area contributed by atoms with Gasteiger partial charge in [0.2, 0.25) is 0 Å². The largest absolute Gasteiger partial charge is 0.462 e. The molecule has 18 heavy (non-hydrogen) atoms. The first-order chi connectivity index (χ1) is 8.79. The summed E-state index contributed by atoms with van der Waals surface area (Å²) in [6.07, 6.45) is -0.436. The molecule has 6 heteroatoms. The van der Waals surface area contributed by atoms with E-state index >= 15 is 0 Å². The van der Waals surface area contributed by atoms with Gasteiger partial charge in [0, 0.05) is 6.54 Å². The van der Waals surface area contributed by atoms with Crippen LogP contribution in [-0.2, 0) is 16.0 Å². The molecule has 1 aliphatic heterocycles. The van der Waals surface area contributed by atoms with Crippen LogP contribution in [0.2, 0.25) is 0 Å². The Morgan fingerprint density at radius 2 is 2.50 bits per heavy atom. The van der Waals surface area contributed by atoms with Gasteiger partial charge in [-0.3, -0.25) is 0 Å². The lowest BCUT2D eigenvalue weighted by Gasteiger charge is -2.21. The van der Waals surface area contributed by atoms with Crippen molar-refractivity contribution >= 4 is 6.09 Å². The highest BCUT2D eigenvalue weighted by molar-refractivity contribution is 5.66. The second-order valence-electron chi connectivity index (χ2n) is 3.96. The molecule has 1 aliphatic rings. The fourth-order valence-electron chi connectivity index (χ4n) is 1.77. The zero-order valence-corrected chi connectivity index (χ0v) is 10.4. The molecule has 0 aromatic carbocycles. The molecule has 1 aromatic heterocycles. The van der Waals surface area contributed by atoms with E-state index in [9.17, 15) is 4.79 Å². The van der Waals surface area contributed by atoms with Crippen LogP contribution < -0.4 is 10.6 Å². The lowest BCUT2D eigenvalue weighted by atomic mass is 10.2. The molecule has 2 rings (SSSR count). The van der Waals surface area contributed by atoms with E-state index in [4.69, 9.17) is 13.9 Å². The average Bonchev–Trinajstić information content (AvgIpc) is 2.87. The van der Waals surface area contributed by atoms with Crippen LogP contribution in [0.4, 0.5) is 4.79 Å². The number of carbonyl (C=O) groups is 1. The Kier molecular flexibility index (Phi) is 4.60. The summed E-state index contributed by atoms with van der Waals surface area (Å²) in [5.74, 6) is 1.53. The molecule has 1 saturated heterocycles. The Bertz CT molecular complexity index is 385. The van der Waals surface area contributed by atoms with E-state index in [2.05, 4.69) is 10.6 Å². The van der Waals surface area contributed by atoms with Gasteiger partial charge in [-0.15, -0.1) is 0 Å². The standard InChI is InChI=1S/C12H18N2O4/c1-2-17-12(15)14-7-9-3-4-11(18-9)10-8-16-6-5-13-10/h3-4,10,13H,2,5-8H2,1H3,(H,14,15)/t10-/m1/s1. The first-order valence-corrected chi connectivity index (χ1v) is 6.10. The summed E-state index contributed by atoms with van der Waals surface area (Å²) in [6.45, 7) is 4.61. The summed E-state index contributed by atoms with van der Waals surface area (Å²) in [6, 6.07) is 3.84. The van der Waals surface area contributed by atoms with Crippen molar-refractivity contribution in [2.45, 2.75) is 19.5 Å². The van der Waals surface area contributed by atoms with Gasteiger partial charge in [-0.25, -0.2) is 4.79 Å². The maximum absolute atomic E-state index is 11.1. The molecular formula is C12H18N2O4. The summed E-state index contributed by atoms with van der Waals surface area (Å²) in [7, 11) is 0. The third-order valence-electron chi connectivity index (χ3n) is 2.63. The van der Waals surface area contributed by atoms with Gasteiger partial charge in [-0.1, -0.05) is 0 Å². The normalized spacial score (nSPS) is 19.5. The summed E-state index contributed by atoms with van der Waals surface area (Å²) in [5, 5.41) is 5.91. The molecule has 0 spiro atoms. The van der Waals surface area contributed by atoms with Crippen molar-refractivity contribution in [3.63, 3.8) is 0 Å². The summed E-state index contributed by atoms with van der Waals surface area (Å²) >= 11 is 0. The molecule has 1 fully saturated rings. The van der Waals surface area contributed by atoms with Crippen molar-refractivity contribution in [2.24, 2.45) is 0 Å². The number of nitrogens with one attached hydrogen (secondary N) is 2. The quantitative estimate of drug-likeness (QED) is 0.844. The Hall–Kier alpha value is -1.53. The number of amides is 1. The summed E-state index contributed by atoms with van der Waals surface area (Å²) < 4.78 is 15.8. The van der Waals surface area contributed by atoms with Crippen LogP contribution in [0.25, 0.3) is 0 Å². The molecule has 2 N–H and O–H groups in total. The molecule has 2 heterocycles. The van der Waals surface area contributed by atoms with E-state index in [-0.39, 0.29) is 6.04 Å². The number of carbonyl (C=O) groups excluding carboxylic acids is 1. The number of rotatable bonds is 4. The van der Waals surface area contributed by atoms with Crippen LogP contribution in [0.5, 0.6) is 0 Å². The smallest absolute Gasteiger partial charge is 0.407 e. The predicted octanol–water partition coefficient (Wildman–Crippen LogP) is 1.19. The van der Waals surface area contributed by atoms with Crippen molar-refractivity contribution in [2.75, 3.05) is 26.4 Å². The van der Waals surface area contributed by atoms with E-state index in [0.29, 0.717) is 25.5 Å². The van der Waals surface area contributed by atoms with E-state index in [1.165, 1.54) is 0 Å². The van der Waals surface area contributed by atoms with Gasteiger partial charge in [0.05, 0.1) is 32.4 Å². The molecule has 1 aromatic rings. The minimum Gasteiger partial charge on any atom is -0.462 e. The minimum absolute atomic E-state index is 0.0927. The molecule has 1 amide bonds. The topological polar surface area (TPSA) is 72.7 Å². The fraction of sp³-hybridized carbons (Fsp3) is 0.583. The van der Waals surface area contributed by atoms with Crippen LogP contribution in [-0.4, -0.2) is 32.5 Å². The van der Waals surface area contributed by atoms with Gasteiger partial charge in [0.15, 0.2) is 0 Å². The van der Waals surface area contributed by atoms with Crippen molar-refractivity contribution in [3.05, 3.63) is 23.7 Å². The van der Waals surface area contributed by atoms with Crippen LogP contribution in [0, 0.1) is 0 Å². The van der Waals surface area contributed by atoms with E-state index in [1.54, 1.807) is 6.92 Å². The summed E-state index contributed by atoms with van der Waals surface area (Å²) in [4.78, 5) is 11.1. The third kappa shape index (κ3) is 3.48. The van der Waals surface area contributed by atoms with Crippen LogP contribution in [0.3, 0.4) is 0 Å². The molecule has 0 radical (unpaired) electrons. The predicted molar refractivity (Wildman–Crippen MR) is 64.1 cm³/mol. The van der Waals surface area contributed by atoms with Gasteiger partial charge in [0.25, 0.3) is 0 Å². The SMILES string of the molecule is CCOC(=O)NCc1ccc([C@H]2COCCN2)o1. The maximum atomic E-state index is 11.1. The molecular weight excluding hydrogens is 236 g/mol. The zero-order chi connectivity index (χ0) is 12.8. The lowest BCUT2D eigenvalue weighted by Crippen LogP contribution is -2.34. The molecule has 6 nitrogen and oxygen atoms in total. The Morgan fingerprint density at radius 3 is 3.22 bits per heavy atom. The van der Waals surface area contributed by atoms with Gasteiger partial charge in [-0.05, 0) is 19.1 Å². The number of morpholine rings is 1. The lowest BCUT2D eigenvalue weighted by molar-refractivity contribution is 0.0694. The Balaban J connectivity index is 1.83. The molecule has 0 saturated carbocycles. The molecule has 0 unspecified atom stereocenters. The Morgan fingerprint density at radius 1 is 1.61 bits per heavy atom. The van der Waals surface area contributed by atoms with Gasteiger partial charge in [0.1, 0.15) is 11.5 Å². The first kappa shape index (κ1) is 12.9. The Labute approximate surface area is 106 Å². The first-order valence-electron chi connectivity index (χ1n) is 6.10. The highest BCUT2D eigenvalue weighted by Gasteiger charge is 2.18. The monoisotopic (exact) mass is 254 g/mol. The van der Waals surface area contributed by atoms with Gasteiger partial charge < -0.3 is 24.5 Å². The molecule has 0 bridgehead atoms. The van der Waals surface area contributed by atoms with Gasteiger partial charge in [-0.2, -0.15) is 0 Å². The van der Waals surface area contributed by atoms with Crippen molar-refractivity contribution in [1.82, 2.24) is 10.6 Å². The van der Waals surface area contributed by atoms with Gasteiger partial charge >= 0.3 is 6.09 Å². The van der Waals surface area contributed by atoms with E-state index < -0.39 is 6.09 Å². The second kappa shape index (κ2) is 6.42. The number of alkyl carbamates (subject to hydrolysis) is 1. The van der Waals surface area contributed by atoms with Crippen LogP contribution >= 0.6 is 0 Å². The maximum Gasteiger partial charge on any atom is 0.407 e. The second-order valence-corrected chi connectivity index (χ2v) is 3.96. The fourth-order valence-corrected chi connectivity index (χ4v) is 1.77. The van der Waals surface area contributed by atoms with Crippen molar-refractivity contribution in [3.8, 4) is 0 Å².